The van der Waals surface area contributed by atoms with Gasteiger partial charge in [0, 0.05) is 12.8 Å². The van der Waals surface area contributed by atoms with Gasteiger partial charge in [-0.15, -0.1) is 0 Å². The Kier molecular flexibility index (Phi) is 12.9. The van der Waals surface area contributed by atoms with Gasteiger partial charge in [-0.3, -0.25) is 19.2 Å². The zero-order chi connectivity index (χ0) is 21.0. The maximum absolute atomic E-state index is 11.3. The van der Waals surface area contributed by atoms with Gasteiger partial charge in [-0.1, -0.05) is 26.7 Å². The molecule has 0 rings (SSSR count). The number of hydrogen-bond donors (Lipinski definition) is 0. The first-order valence-corrected chi connectivity index (χ1v) is 9.25. The van der Waals surface area contributed by atoms with Crippen molar-refractivity contribution in [2.24, 2.45) is 10.8 Å². The fourth-order valence-corrected chi connectivity index (χ4v) is 1.26. The van der Waals surface area contributed by atoms with E-state index < -0.39 is 22.8 Å². The van der Waals surface area contributed by atoms with Gasteiger partial charge in [0.2, 0.25) is 0 Å². The molecule has 0 atom stereocenters. The van der Waals surface area contributed by atoms with Gasteiger partial charge in [0.1, 0.15) is 0 Å². The van der Waals surface area contributed by atoms with Crippen LogP contribution in [0, 0.1) is 10.8 Å². The molecule has 0 aliphatic heterocycles. The van der Waals surface area contributed by atoms with Crippen LogP contribution < -0.4 is 0 Å². The summed E-state index contributed by atoms with van der Waals surface area (Å²) in [6.45, 7) is 14.3. The minimum atomic E-state index is -0.624. The number of esters is 4. The molecule has 0 heterocycles. The van der Waals surface area contributed by atoms with Crippen molar-refractivity contribution in [1.82, 2.24) is 0 Å². The van der Waals surface area contributed by atoms with Crippen LogP contribution in [-0.4, -0.2) is 23.9 Å². The molecule has 0 aromatic heterocycles. The summed E-state index contributed by atoms with van der Waals surface area (Å²) in [6.07, 6.45) is 4.18. The molecule has 6 heteroatoms. The number of carbonyl (C=O) groups excluding carboxylic acids is 4. The third-order valence-corrected chi connectivity index (χ3v) is 3.11. The molecule has 152 valence electrons. The maximum atomic E-state index is 11.3. The molecular formula is C20H36O6. The average molecular weight is 373 g/mol. The van der Waals surface area contributed by atoms with Crippen LogP contribution in [0.25, 0.3) is 0 Å². The number of rotatable bonds is 6. The van der Waals surface area contributed by atoms with E-state index in [1.54, 1.807) is 41.5 Å². The minimum absolute atomic E-state index is 0.356. The highest BCUT2D eigenvalue weighted by Gasteiger charge is 2.31. The third-order valence-electron chi connectivity index (χ3n) is 3.11. The van der Waals surface area contributed by atoms with Gasteiger partial charge in [-0.25, -0.2) is 0 Å². The predicted molar refractivity (Wildman–Crippen MR) is 100 cm³/mol. The Morgan fingerprint density at radius 3 is 1.15 bits per heavy atom. The molecule has 0 unspecified atom stereocenters. The molecule has 0 aromatic rings. The maximum Gasteiger partial charge on any atom is 0.318 e. The van der Waals surface area contributed by atoms with E-state index in [1.165, 1.54) is 0 Å². The van der Waals surface area contributed by atoms with Crippen LogP contribution in [0.1, 0.15) is 93.9 Å². The molecule has 0 aliphatic rings. The lowest BCUT2D eigenvalue weighted by atomic mass is 9.95. The summed E-state index contributed by atoms with van der Waals surface area (Å²) in [5, 5.41) is 0. The van der Waals surface area contributed by atoms with Gasteiger partial charge < -0.3 is 9.47 Å². The summed E-state index contributed by atoms with van der Waals surface area (Å²) in [6, 6.07) is 0. The Balaban J connectivity index is 0. The zero-order valence-electron chi connectivity index (χ0n) is 17.7. The molecule has 0 spiro atoms. The molecule has 0 fully saturated rings. The third kappa shape index (κ3) is 14.6. The van der Waals surface area contributed by atoms with E-state index in [2.05, 4.69) is 4.74 Å². The summed E-state index contributed by atoms with van der Waals surface area (Å²) in [4.78, 5) is 44.4. The SMILES string of the molecule is CC(C)(C)C(=O)OC(=O)C(C)(C)C.CCCCC(=O)OC(=O)CCCC. The Morgan fingerprint density at radius 1 is 0.615 bits per heavy atom. The number of unbranched alkanes of at least 4 members (excludes halogenated alkanes) is 2. The van der Waals surface area contributed by atoms with E-state index in [9.17, 15) is 19.2 Å². The minimum Gasteiger partial charge on any atom is -0.393 e. The van der Waals surface area contributed by atoms with Gasteiger partial charge in [0.05, 0.1) is 10.8 Å². The standard InChI is InChI=1S/2C10H18O3/c1-9(2,3)7(11)13-8(12)10(4,5)6;1-3-5-7-9(11)13-10(12)8-6-4-2/h1-6H3;3-8H2,1-2H3. The molecule has 0 saturated heterocycles. The van der Waals surface area contributed by atoms with E-state index in [4.69, 9.17) is 4.74 Å². The molecule has 26 heavy (non-hydrogen) atoms. The van der Waals surface area contributed by atoms with E-state index >= 15 is 0 Å². The van der Waals surface area contributed by atoms with E-state index in [1.807, 2.05) is 13.8 Å². The summed E-state index contributed by atoms with van der Waals surface area (Å²) in [5.41, 5.74) is -1.25. The van der Waals surface area contributed by atoms with E-state index in [0.717, 1.165) is 25.7 Å². The Labute approximate surface area is 158 Å². The lowest BCUT2D eigenvalue weighted by Crippen LogP contribution is -2.31. The Hall–Kier alpha value is -1.72. The molecule has 0 N–H and O–H groups in total. The van der Waals surface area contributed by atoms with Crippen molar-refractivity contribution in [2.45, 2.75) is 93.9 Å². The first kappa shape index (κ1) is 26.5. The zero-order valence-corrected chi connectivity index (χ0v) is 17.7. The molecule has 6 nitrogen and oxygen atoms in total. The van der Waals surface area contributed by atoms with Gasteiger partial charge in [0.15, 0.2) is 0 Å². The van der Waals surface area contributed by atoms with E-state index in [0.29, 0.717) is 12.8 Å². The monoisotopic (exact) mass is 372 g/mol. The van der Waals surface area contributed by atoms with Gasteiger partial charge in [-0.2, -0.15) is 0 Å². The van der Waals surface area contributed by atoms with Crippen molar-refractivity contribution in [3.63, 3.8) is 0 Å². The fraction of sp³-hybridized carbons (Fsp3) is 0.800. The molecule has 0 amide bonds. The highest BCUT2D eigenvalue weighted by Crippen LogP contribution is 2.20. The van der Waals surface area contributed by atoms with Crippen LogP contribution in [0.4, 0.5) is 0 Å². The summed E-state index contributed by atoms with van der Waals surface area (Å²) in [5.74, 6) is -1.73. The van der Waals surface area contributed by atoms with Crippen LogP contribution in [0.2, 0.25) is 0 Å². The van der Waals surface area contributed by atoms with Gasteiger partial charge in [0.25, 0.3) is 0 Å². The van der Waals surface area contributed by atoms with Crippen molar-refractivity contribution in [2.75, 3.05) is 0 Å². The highest BCUT2D eigenvalue weighted by molar-refractivity contribution is 5.90. The Bertz CT molecular complexity index is 424. The second-order valence-electron chi connectivity index (χ2n) is 8.23. The smallest absolute Gasteiger partial charge is 0.318 e. The number of carbonyl (C=O) groups is 4. The summed E-state index contributed by atoms with van der Waals surface area (Å²) in [7, 11) is 0. The van der Waals surface area contributed by atoms with Crippen molar-refractivity contribution in [1.29, 1.82) is 0 Å². The quantitative estimate of drug-likeness (QED) is 0.501. The van der Waals surface area contributed by atoms with Crippen molar-refractivity contribution in [3.05, 3.63) is 0 Å². The highest BCUT2D eigenvalue weighted by atomic mass is 16.6. The second kappa shape index (κ2) is 12.6. The molecule has 0 saturated carbocycles. The lowest BCUT2D eigenvalue weighted by molar-refractivity contribution is -0.171. The predicted octanol–water partition coefficient (Wildman–Crippen LogP) is 4.59. The molecule has 0 aliphatic carbocycles. The number of ether oxygens (including phenoxy) is 2. The van der Waals surface area contributed by atoms with Crippen LogP contribution in [-0.2, 0) is 28.7 Å². The normalized spacial score (nSPS) is 11.1. The van der Waals surface area contributed by atoms with Crippen LogP contribution in [0.5, 0.6) is 0 Å². The van der Waals surface area contributed by atoms with Crippen molar-refractivity contribution in [3.8, 4) is 0 Å². The topological polar surface area (TPSA) is 86.7 Å². The van der Waals surface area contributed by atoms with Crippen molar-refractivity contribution < 1.29 is 28.7 Å². The van der Waals surface area contributed by atoms with Crippen molar-refractivity contribution >= 4 is 23.9 Å². The van der Waals surface area contributed by atoms with Gasteiger partial charge in [-0.05, 0) is 54.4 Å². The lowest BCUT2D eigenvalue weighted by Gasteiger charge is -2.20. The van der Waals surface area contributed by atoms with Crippen LogP contribution >= 0.6 is 0 Å². The first-order valence-electron chi connectivity index (χ1n) is 9.25. The molecule has 0 aromatic carbocycles. The molecular weight excluding hydrogens is 336 g/mol. The van der Waals surface area contributed by atoms with Crippen LogP contribution in [0.15, 0.2) is 0 Å². The largest absolute Gasteiger partial charge is 0.393 e. The summed E-state index contributed by atoms with van der Waals surface area (Å²) >= 11 is 0. The van der Waals surface area contributed by atoms with Gasteiger partial charge >= 0.3 is 23.9 Å². The number of hydrogen-bond acceptors (Lipinski definition) is 6. The first-order chi connectivity index (χ1) is 11.8. The van der Waals surface area contributed by atoms with E-state index in [-0.39, 0.29) is 11.9 Å². The second-order valence-corrected chi connectivity index (χ2v) is 8.23. The average Bonchev–Trinajstić information content (AvgIpc) is 2.49. The Morgan fingerprint density at radius 2 is 0.923 bits per heavy atom. The fourth-order valence-electron chi connectivity index (χ4n) is 1.26. The summed E-state index contributed by atoms with van der Waals surface area (Å²) < 4.78 is 9.28. The van der Waals surface area contributed by atoms with Crippen LogP contribution in [0.3, 0.4) is 0 Å². The molecule has 0 radical (unpaired) electrons. The molecule has 0 bridgehead atoms.